The van der Waals surface area contributed by atoms with Crippen LogP contribution in [0.15, 0.2) is 27.7 Å². The number of urea groups is 1. The number of aliphatic imine (C=N–C) groups is 1. The fourth-order valence-electron chi connectivity index (χ4n) is 2.76. The molecule has 0 aromatic heterocycles. The van der Waals surface area contributed by atoms with E-state index in [1.165, 1.54) is 11.1 Å². The van der Waals surface area contributed by atoms with E-state index in [4.69, 9.17) is 10.7 Å². The van der Waals surface area contributed by atoms with Gasteiger partial charge in [0.1, 0.15) is 0 Å². The van der Waals surface area contributed by atoms with Gasteiger partial charge in [0.15, 0.2) is 5.96 Å². The van der Waals surface area contributed by atoms with Crippen molar-refractivity contribution >= 4 is 27.9 Å². The SMILES string of the molecule is CCNC(=NCc1ccc(Br)cc1C)NC1CCN(C(N)=O)CC1. The summed E-state index contributed by atoms with van der Waals surface area (Å²) in [6, 6.07) is 6.21. The molecular formula is C17H26BrN5O. The highest BCUT2D eigenvalue weighted by Gasteiger charge is 2.21. The minimum Gasteiger partial charge on any atom is -0.357 e. The molecule has 1 fully saturated rings. The molecule has 4 N–H and O–H groups in total. The Balaban J connectivity index is 1.95. The number of carbonyl (C=O) groups is 1. The molecule has 0 aliphatic carbocycles. The largest absolute Gasteiger partial charge is 0.357 e. The quantitative estimate of drug-likeness (QED) is 0.540. The Labute approximate surface area is 152 Å². The maximum Gasteiger partial charge on any atom is 0.314 e. The molecule has 1 aliphatic heterocycles. The average Bonchev–Trinajstić information content (AvgIpc) is 2.54. The van der Waals surface area contributed by atoms with Crippen LogP contribution in [0.2, 0.25) is 0 Å². The van der Waals surface area contributed by atoms with E-state index in [9.17, 15) is 4.79 Å². The molecule has 0 radical (unpaired) electrons. The van der Waals surface area contributed by atoms with Crippen molar-refractivity contribution in [2.24, 2.45) is 10.7 Å². The second kappa shape index (κ2) is 8.92. The maximum atomic E-state index is 11.2. The van der Waals surface area contributed by atoms with Crippen LogP contribution in [0.3, 0.4) is 0 Å². The van der Waals surface area contributed by atoms with E-state index in [-0.39, 0.29) is 6.03 Å². The Morgan fingerprint density at radius 2 is 2.12 bits per heavy atom. The van der Waals surface area contributed by atoms with Crippen LogP contribution in [0.5, 0.6) is 0 Å². The van der Waals surface area contributed by atoms with Crippen LogP contribution < -0.4 is 16.4 Å². The van der Waals surface area contributed by atoms with E-state index in [0.29, 0.717) is 25.7 Å². The molecule has 1 aliphatic rings. The van der Waals surface area contributed by atoms with Crippen LogP contribution in [-0.2, 0) is 6.54 Å². The number of piperidine rings is 1. The standard InChI is InChI=1S/C17H26BrN5O/c1-3-20-17(21-11-13-4-5-14(18)10-12(13)2)22-15-6-8-23(9-7-15)16(19)24/h4-5,10,15H,3,6-9,11H2,1-2H3,(H2,19,24)(H2,20,21,22). The van der Waals surface area contributed by atoms with Crippen LogP contribution >= 0.6 is 15.9 Å². The molecule has 0 bridgehead atoms. The first-order valence-corrected chi connectivity index (χ1v) is 9.13. The first kappa shape index (κ1) is 18.6. The van der Waals surface area contributed by atoms with Gasteiger partial charge in [-0.25, -0.2) is 9.79 Å². The molecule has 0 atom stereocenters. The molecule has 1 heterocycles. The third-order valence-corrected chi connectivity index (χ3v) is 4.70. The zero-order valence-electron chi connectivity index (χ0n) is 14.3. The summed E-state index contributed by atoms with van der Waals surface area (Å²) in [5.41, 5.74) is 7.75. The molecule has 0 unspecified atom stereocenters. The van der Waals surface area contributed by atoms with Crippen molar-refractivity contribution in [3.05, 3.63) is 33.8 Å². The Hall–Kier alpha value is -1.76. The number of likely N-dealkylation sites (tertiary alicyclic amines) is 1. The summed E-state index contributed by atoms with van der Waals surface area (Å²) in [6.07, 6.45) is 1.76. The van der Waals surface area contributed by atoms with E-state index in [1.54, 1.807) is 4.90 Å². The highest BCUT2D eigenvalue weighted by atomic mass is 79.9. The fraction of sp³-hybridized carbons (Fsp3) is 0.529. The fourth-order valence-corrected chi connectivity index (χ4v) is 3.23. The van der Waals surface area contributed by atoms with E-state index in [0.717, 1.165) is 29.8 Å². The summed E-state index contributed by atoms with van der Waals surface area (Å²) in [4.78, 5) is 17.6. The van der Waals surface area contributed by atoms with Gasteiger partial charge in [-0.05, 0) is 49.9 Å². The van der Waals surface area contributed by atoms with Crippen molar-refractivity contribution < 1.29 is 4.79 Å². The van der Waals surface area contributed by atoms with Gasteiger partial charge >= 0.3 is 6.03 Å². The van der Waals surface area contributed by atoms with Crippen LogP contribution in [0.25, 0.3) is 0 Å². The first-order valence-electron chi connectivity index (χ1n) is 8.34. The Kier molecular flexibility index (Phi) is 6.90. The van der Waals surface area contributed by atoms with Crippen LogP contribution in [0, 0.1) is 6.92 Å². The molecule has 1 aromatic rings. The number of guanidine groups is 1. The summed E-state index contributed by atoms with van der Waals surface area (Å²) in [5.74, 6) is 0.817. The number of carbonyl (C=O) groups excluding carboxylic acids is 1. The van der Waals surface area contributed by atoms with Crippen molar-refractivity contribution in [3.63, 3.8) is 0 Å². The minimum atomic E-state index is -0.334. The van der Waals surface area contributed by atoms with Gasteiger partial charge in [0, 0.05) is 30.1 Å². The van der Waals surface area contributed by atoms with Crippen LogP contribution in [0.1, 0.15) is 30.9 Å². The number of hydrogen-bond acceptors (Lipinski definition) is 2. The number of rotatable bonds is 4. The number of nitrogens with two attached hydrogens (primary N) is 1. The molecule has 24 heavy (non-hydrogen) atoms. The zero-order chi connectivity index (χ0) is 17.5. The minimum absolute atomic E-state index is 0.310. The second-order valence-corrected chi connectivity index (χ2v) is 6.93. The van der Waals surface area contributed by atoms with Crippen molar-refractivity contribution in [1.29, 1.82) is 0 Å². The summed E-state index contributed by atoms with van der Waals surface area (Å²) >= 11 is 3.48. The second-order valence-electron chi connectivity index (χ2n) is 6.01. The molecule has 7 heteroatoms. The predicted molar refractivity (Wildman–Crippen MR) is 101 cm³/mol. The van der Waals surface area contributed by atoms with Crippen molar-refractivity contribution in [2.75, 3.05) is 19.6 Å². The number of benzene rings is 1. The monoisotopic (exact) mass is 395 g/mol. The van der Waals surface area contributed by atoms with Gasteiger partial charge in [0.25, 0.3) is 0 Å². The molecule has 6 nitrogen and oxygen atoms in total. The smallest absolute Gasteiger partial charge is 0.314 e. The Bertz CT molecular complexity index is 597. The third kappa shape index (κ3) is 5.40. The first-order chi connectivity index (χ1) is 11.5. The van der Waals surface area contributed by atoms with Crippen LogP contribution in [-0.4, -0.2) is 42.6 Å². The molecule has 2 amide bonds. The van der Waals surface area contributed by atoms with Gasteiger partial charge in [0.05, 0.1) is 6.54 Å². The summed E-state index contributed by atoms with van der Waals surface area (Å²) < 4.78 is 1.08. The van der Waals surface area contributed by atoms with Crippen molar-refractivity contribution in [2.45, 2.75) is 39.3 Å². The van der Waals surface area contributed by atoms with E-state index < -0.39 is 0 Å². The van der Waals surface area contributed by atoms with E-state index >= 15 is 0 Å². The number of nitrogens with one attached hydrogen (secondary N) is 2. The van der Waals surface area contributed by atoms with Gasteiger partial charge in [-0.2, -0.15) is 0 Å². The maximum absolute atomic E-state index is 11.2. The molecular weight excluding hydrogens is 370 g/mol. The Morgan fingerprint density at radius 3 is 2.71 bits per heavy atom. The molecule has 1 aromatic carbocycles. The van der Waals surface area contributed by atoms with Gasteiger partial charge in [-0.1, -0.05) is 22.0 Å². The number of hydrogen-bond donors (Lipinski definition) is 3. The normalized spacial score (nSPS) is 16.1. The van der Waals surface area contributed by atoms with Gasteiger partial charge < -0.3 is 21.3 Å². The highest BCUT2D eigenvalue weighted by Crippen LogP contribution is 2.16. The summed E-state index contributed by atoms with van der Waals surface area (Å²) in [7, 11) is 0. The van der Waals surface area contributed by atoms with Gasteiger partial charge in [-0.3, -0.25) is 0 Å². The number of primary amides is 1. The van der Waals surface area contributed by atoms with Gasteiger partial charge in [-0.15, -0.1) is 0 Å². The average molecular weight is 396 g/mol. The number of amides is 2. The number of halogens is 1. The summed E-state index contributed by atoms with van der Waals surface area (Å²) in [5, 5.41) is 6.76. The lowest BCUT2D eigenvalue weighted by atomic mass is 10.1. The molecule has 0 saturated carbocycles. The van der Waals surface area contributed by atoms with Crippen molar-refractivity contribution in [1.82, 2.24) is 15.5 Å². The van der Waals surface area contributed by atoms with E-state index in [2.05, 4.69) is 52.5 Å². The molecule has 0 spiro atoms. The lowest BCUT2D eigenvalue weighted by Gasteiger charge is -2.32. The third-order valence-electron chi connectivity index (χ3n) is 4.20. The highest BCUT2D eigenvalue weighted by molar-refractivity contribution is 9.10. The number of aryl methyl sites for hydroxylation is 1. The summed E-state index contributed by atoms with van der Waals surface area (Å²) in [6.45, 7) is 6.98. The number of nitrogens with zero attached hydrogens (tertiary/aromatic N) is 2. The predicted octanol–water partition coefficient (Wildman–Crippen LogP) is 2.36. The Morgan fingerprint density at radius 1 is 1.42 bits per heavy atom. The lowest BCUT2D eigenvalue weighted by Crippen LogP contribution is -2.50. The molecule has 132 valence electrons. The van der Waals surface area contributed by atoms with Crippen LogP contribution in [0.4, 0.5) is 4.79 Å². The molecule has 1 saturated heterocycles. The topological polar surface area (TPSA) is 82.8 Å². The molecule has 2 rings (SSSR count). The van der Waals surface area contributed by atoms with E-state index in [1.807, 2.05) is 6.07 Å². The van der Waals surface area contributed by atoms with Gasteiger partial charge in [0.2, 0.25) is 0 Å². The van der Waals surface area contributed by atoms with Crippen molar-refractivity contribution in [3.8, 4) is 0 Å². The lowest BCUT2D eigenvalue weighted by molar-refractivity contribution is 0.188. The zero-order valence-corrected chi connectivity index (χ0v) is 15.9.